The Morgan fingerprint density at radius 1 is 0.971 bits per heavy atom. The van der Waals surface area contributed by atoms with Gasteiger partial charge in [-0.3, -0.25) is 4.21 Å². The van der Waals surface area contributed by atoms with Crippen molar-refractivity contribution in [2.24, 2.45) is 5.92 Å². The summed E-state index contributed by atoms with van der Waals surface area (Å²) in [6.45, 7) is 5.00. The van der Waals surface area contributed by atoms with E-state index >= 15 is 8.78 Å². The second kappa shape index (κ2) is 11.4. The third-order valence-corrected chi connectivity index (χ3v) is 6.79. The highest BCUT2D eigenvalue weighted by molar-refractivity contribution is 7.85. The van der Waals surface area contributed by atoms with E-state index in [0.29, 0.717) is 4.90 Å². The number of alkyl halides is 2. The molecule has 0 fully saturated rings. The highest BCUT2D eigenvalue weighted by Crippen LogP contribution is 2.39. The smallest absolute Gasteiger partial charge is 0.355 e. The van der Waals surface area contributed by atoms with Gasteiger partial charge >= 0.3 is 17.9 Å². The van der Waals surface area contributed by atoms with Crippen LogP contribution in [-0.4, -0.2) is 35.1 Å². The Morgan fingerprint density at radius 2 is 1.57 bits per heavy atom. The van der Waals surface area contributed by atoms with Gasteiger partial charge in [0, 0.05) is 22.1 Å². The van der Waals surface area contributed by atoms with E-state index in [1.165, 1.54) is 24.3 Å². The van der Waals surface area contributed by atoms with Gasteiger partial charge in [-0.05, 0) is 39.0 Å². The van der Waals surface area contributed by atoms with Gasteiger partial charge in [0.25, 0.3) is 0 Å². The molecular formula is C26H27F2NO5S. The first-order valence-electron chi connectivity index (χ1n) is 11.1. The van der Waals surface area contributed by atoms with Crippen molar-refractivity contribution in [1.29, 1.82) is 0 Å². The maximum Gasteiger partial charge on any atom is 0.355 e. The van der Waals surface area contributed by atoms with E-state index < -0.39 is 46.0 Å². The van der Waals surface area contributed by atoms with Crippen LogP contribution in [0.2, 0.25) is 0 Å². The van der Waals surface area contributed by atoms with E-state index in [1.54, 1.807) is 44.2 Å². The molecule has 0 saturated carbocycles. The second-order valence-corrected chi connectivity index (χ2v) is 9.30. The van der Waals surface area contributed by atoms with E-state index in [1.807, 2.05) is 6.92 Å². The quantitative estimate of drug-likeness (QED) is 0.512. The van der Waals surface area contributed by atoms with Crippen LogP contribution in [0.5, 0.6) is 0 Å². The van der Waals surface area contributed by atoms with E-state index in [9.17, 15) is 13.8 Å². The molecule has 1 aliphatic heterocycles. The van der Waals surface area contributed by atoms with Crippen molar-refractivity contribution in [3.63, 3.8) is 0 Å². The molecule has 1 N–H and O–H groups in total. The number of halogens is 2. The summed E-state index contributed by atoms with van der Waals surface area (Å²) in [6.07, 6.45) is 1.15. The summed E-state index contributed by atoms with van der Waals surface area (Å²) < 4.78 is 54.4. The fourth-order valence-corrected chi connectivity index (χ4v) is 4.83. The Kier molecular flexibility index (Phi) is 8.56. The van der Waals surface area contributed by atoms with Gasteiger partial charge in [-0.15, -0.1) is 0 Å². The molecule has 2 atom stereocenters. The lowest BCUT2D eigenvalue weighted by Crippen LogP contribution is -2.39. The fourth-order valence-electron chi connectivity index (χ4n) is 3.61. The molecule has 1 aliphatic rings. The Bertz CT molecular complexity index is 1160. The summed E-state index contributed by atoms with van der Waals surface area (Å²) in [6, 6.07) is 14.0. The lowest BCUT2D eigenvalue weighted by atomic mass is 9.91. The summed E-state index contributed by atoms with van der Waals surface area (Å²) in [5, 5.41) is 2.43. The van der Waals surface area contributed by atoms with Gasteiger partial charge in [0.1, 0.15) is 5.70 Å². The number of nitrogens with one attached hydrogen (secondary N) is 1. The molecular weight excluding hydrogens is 476 g/mol. The van der Waals surface area contributed by atoms with Crippen molar-refractivity contribution in [1.82, 2.24) is 5.32 Å². The molecule has 0 bridgehead atoms. The zero-order valence-electron chi connectivity index (χ0n) is 19.7. The van der Waals surface area contributed by atoms with E-state index in [0.717, 1.165) is 11.6 Å². The minimum absolute atomic E-state index is 0.00293. The Balaban J connectivity index is 2.11. The van der Waals surface area contributed by atoms with Crippen molar-refractivity contribution in [2.75, 3.05) is 19.0 Å². The number of esters is 2. The number of ether oxygens (including phenoxy) is 2. The van der Waals surface area contributed by atoms with Crippen LogP contribution in [0, 0.1) is 12.8 Å². The third kappa shape index (κ3) is 6.03. The number of allylic oxidation sites excluding steroid dienone is 2. The first kappa shape index (κ1) is 26.3. The van der Waals surface area contributed by atoms with Crippen LogP contribution in [0.1, 0.15) is 25.0 Å². The molecule has 0 amide bonds. The van der Waals surface area contributed by atoms with Gasteiger partial charge < -0.3 is 14.8 Å². The van der Waals surface area contributed by atoms with Gasteiger partial charge in [0.05, 0.1) is 35.3 Å². The van der Waals surface area contributed by atoms with Crippen LogP contribution in [0.3, 0.4) is 0 Å². The molecule has 1 unspecified atom stereocenters. The van der Waals surface area contributed by atoms with Gasteiger partial charge in [-0.25, -0.2) is 9.59 Å². The standard InChI is InChI=1S/C26H27F2NO5S/c1-4-33-24(30)22-18(16-35(32)20-13-11-17(3)12-14-20)15-21(29-23(22)25(31)34-5-2)26(27,28)19-9-7-6-8-10-19/h6-15,18,29H,4-5,16H2,1-3H3/t18-,35?/m1/s1. The highest BCUT2D eigenvalue weighted by atomic mass is 32.2. The normalized spacial score (nSPS) is 16.7. The molecule has 9 heteroatoms. The molecule has 2 aromatic carbocycles. The summed E-state index contributed by atoms with van der Waals surface area (Å²) >= 11 is 0. The fraction of sp³-hybridized carbons (Fsp3) is 0.308. The topological polar surface area (TPSA) is 81.7 Å². The third-order valence-electron chi connectivity index (χ3n) is 5.33. The van der Waals surface area contributed by atoms with Gasteiger partial charge in [0.2, 0.25) is 0 Å². The number of carbonyl (C=O) groups excluding carboxylic acids is 2. The molecule has 0 radical (unpaired) electrons. The molecule has 0 aromatic heterocycles. The summed E-state index contributed by atoms with van der Waals surface area (Å²) in [5.41, 5.74) is -0.581. The monoisotopic (exact) mass is 503 g/mol. The lowest BCUT2D eigenvalue weighted by molar-refractivity contribution is -0.142. The number of aryl methyl sites for hydroxylation is 1. The zero-order valence-corrected chi connectivity index (χ0v) is 20.5. The highest BCUT2D eigenvalue weighted by Gasteiger charge is 2.43. The van der Waals surface area contributed by atoms with Crippen molar-refractivity contribution >= 4 is 22.7 Å². The number of benzene rings is 2. The number of hydrogen-bond acceptors (Lipinski definition) is 6. The molecule has 3 rings (SSSR count). The van der Waals surface area contributed by atoms with Crippen LogP contribution >= 0.6 is 0 Å². The molecule has 2 aromatic rings. The van der Waals surface area contributed by atoms with Crippen LogP contribution in [-0.2, 0) is 35.8 Å². The minimum atomic E-state index is -3.53. The summed E-state index contributed by atoms with van der Waals surface area (Å²) in [5.74, 6) is -6.68. The van der Waals surface area contributed by atoms with E-state index in [4.69, 9.17) is 9.47 Å². The second-order valence-electron chi connectivity index (χ2n) is 7.81. The molecule has 0 aliphatic carbocycles. The maximum atomic E-state index is 15.5. The van der Waals surface area contributed by atoms with Crippen LogP contribution in [0.4, 0.5) is 8.78 Å². The van der Waals surface area contributed by atoms with E-state index in [-0.39, 0.29) is 30.1 Å². The van der Waals surface area contributed by atoms with Gasteiger partial charge in [0.15, 0.2) is 0 Å². The Labute approximate surface area is 205 Å². The molecule has 186 valence electrons. The van der Waals surface area contributed by atoms with Crippen molar-refractivity contribution < 1.29 is 32.1 Å². The van der Waals surface area contributed by atoms with Gasteiger partial charge in [-0.1, -0.05) is 48.0 Å². The molecule has 0 saturated heterocycles. The number of rotatable bonds is 9. The zero-order chi connectivity index (χ0) is 25.6. The lowest BCUT2D eigenvalue weighted by Gasteiger charge is -2.30. The van der Waals surface area contributed by atoms with Crippen LogP contribution < -0.4 is 5.32 Å². The number of carbonyl (C=O) groups is 2. The van der Waals surface area contributed by atoms with Crippen molar-refractivity contribution in [2.45, 2.75) is 31.6 Å². The largest absolute Gasteiger partial charge is 0.463 e. The minimum Gasteiger partial charge on any atom is -0.463 e. The first-order chi connectivity index (χ1) is 16.7. The van der Waals surface area contributed by atoms with Crippen LogP contribution in [0.15, 0.2) is 82.5 Å². The predicted molar refractivity (Wildman–Crippen MR) is 128 cm³/mol. The Morgan fingerprint density at radius 3 is 2.17 bits per heavy atom. The summed E-state index contributed by atoms with van der Waals surface area (Å²) in [7, 11) is -1.66. The molecule has 35 heavy (non-hydrogen) atoms. The average Bonchev–Trinajstić information content (AvgIpc) is 2.84. The summed E-state index contributed by atoms with van der Waals surface area (Å²) in [4.78, 5) is 26.1. The van der Waals surface area contributed by atoms with Gasteiger partial charge in [-0.2, -0.15) is 8.78 Å². The first-order valence-corrected chi connectivity index (χ1v) is 12.5. The number of hydrogen-bond donors (Lipinski definition) is 1. The predicted octanol–water partition coefficient (Wildman–Crippen LogP) is 4.38. The van der Waals surface area contributed by atoms with Crippen molar-refractivity contribution in [3.05, 3.63) is 88.8 Å². The molecule has 1 heterocycles. The molecule has 6 nitrogen and oxygen atoms in total. The van der Waals surface area contributed by atoms with Crippen molar-refractivity contribution in [3.8, 4) is 0 Å². The van der Waals surface area contributed by atoms with E-state index in [2.05, 4.69) is 5.32 Å². The average molecular weight is 504 g/mol. The maximum absolute atomic E-state index is 15.5. The Hall–Kier alpha value is -3.33. The SMILES string of the molecule is CCOC(=O)C1=C(C(=O)OCC)[C@@H](CS(=O)c2ccc(C)cc2)C=C(C(F)(F)c2ccccc2)N1. The number of dihydropyridines is 1. The van der Waals surface area contributed by atoms with Crippen LogP contribution in [0.25, 0.3) is 0 Å². The molecule has 0 spiro atoms.